The number of benzene rings is 1. The van der Waals surface area contributed by atoms with Crippen molar-refractivity contribution in [2.24, 2.45) is 5.73 Å². The van der Waals surface area contributed by atoms with Gasteiger partial charge in [0.1, 0.15) is 0 Å². The lowest BCUT2D eigenvalue weighted by molar-refractivity contribution is -0.102. The summed E-state index contributed by atoms with van der Waals surface area (Å²) in [6.07, 6.45) is 1.47. The van der Waals surface area contributed by atoms with Gasteiger partial charge in [0.05, 0.1) is 6.04 Å². The van der Waals surface area contributed by atoms with Crippen molar-refractivity contribution in [1.82, 2.24) is 5.06 Å². The van der Waals surface area contributed by atoms with Gasteiger partial charge in [-0.15, -0.1) is 0 Å². The number of hydroxylamine groups is 2. The van der Waals surface area contributed by atoms with Crippen LogP contribution in [0.2, 0.25) is 5.02 Å². The van der Waals surface area contributed by atoms with Crippen molar-refractivity contribution in [1.29, 1.82) is 0 Å². The van der Waals surface area contributed by atoms with Crippen molar-refractivity contribution in [2.75, 3.05) is 0 Å². The SMILES string of the molecule is NC(=O)N(O)C1CC(c2ccc(Cl)cc2)C1. The fourth-order valence-corrected chi connectivity index (χ4v) is 2.10. The number of nitrogens with zero attached hydrogens (tertiary/aromatic N) is 1. The van der Waals surface area contributed by atoms with Gasteiger partial charge in [0.15, 0.2) is 0 Å². The molecule has 16 heavy (non-hydrogen) atoms. The topological polar surface area (TPSA) is 66.6 Å². The first-order chi connectivity index (χ1) is 7.58. The number of primary amides is 1. The van der Waals surface area contributed by atoms with Crippen LogP contribution >= 0.6 is 11.6 Å². The smallest absolute Gasteiger partial charge is 0.338 e. The second-order valence-corrected chi connectivity index (χ2v) is 4.49. The highest BCUT2D eigenvalue weighted by molar-refractivity contribution is 6.30. The normalized spacial score (nSPS) is 23.6. The third kappa shape index (κ3) is 2.13. The van der Waals surface area contributed by atoms with E-state index in [-0.39, 0.29) is 6.04 Å². The average molecular weight is 241 g/mol. The van der Waals surface area contributed by atoms with Crippen molar-refractivity contribution >= 4 is 17.6 Å². The maximum atomic E-state index is 10.7. The zero-order valence-electron chi connectivity index (χ0n) is 8.64. The molecule has 1 aromatic carbocycles. The minimum Gasteiger partial charge on any atom is -0.350 e. The molecular weight excluding hydrogens is 228 g/mol. The van der Waals surface area contributed by atoms with Gasteiger partial charge >= 0.3 is 6.03 Å². The van der Waals surface area contributed by atoms with Crippen LogP contribution < -0.4 is 5.73 Å². The standard InChI is InChI=1S/C11H13ClN2O2/c12-9-3-1-7(2-4-9)8-5-10(6-8)14(16)11(13)15/h1-4,8,10,16H,5-6H2,(H2,13,15). The van der Waals surface area contributed by atoms with E-state index in [1.807, 2.05) is 24.3 Å². The number of halogens is 1. The number of hydrogen-bond acceptors (Lipinski definition) is 2. The van der Waals surface area contributed by atoms with E-state index in [1.54, 1.807) is 0 Å². The molecule has 3 N–H and O–H groups in total. The van der Waals surface area contributed by atoms with Crippen LogP contribution in [0.4, 0.5) is 4.79 Å². The molecule has 0 bridgehead atoms. The number of carbonyl (C=O) groups is 1. The Morgan fingerprint density at radius 1 is 1.38 bits per heavy atom. The molecule has 0 aliphatic heterocycles. The number of carbonyl (C=O) groups excluding carboxylic acids is 1. The molecule has 1 aromatic rings. The van der Waals surface area contributed by atoms with Crippen LogP contribution in [0, 0.1) is 0 Å². The molecule has 5 heteroatoms. The van der Waals surface area contributed by atoms with Gasteiger partial charge in [-0.3, -0.25) is 5.21 Å². The van der Waals surface area contributed by atoms with Gasteiger partial charge < -0.3 is 5.73 Å². The predicted molar refractivity (Wildman–Crippen MR) is 60.4 cm³/mol. The van der Waals surface area contributed by atoms with Gasteiger partial charge in [0.2, 0.25) is 0 Å². The van der Waals surface area contributed by atoms with Crippen LogP contribution in [-0.2, 0) is 0 Å². The summed E-state index contributed by atoms with van der Waals surface area (Å²) in [7, 11) is 0. The van der Waals surface area contributed by atoms with Gasteiger partial charge in [-0.25, -0.2) is 9.86 Å². The molecule has 0 radical (unpaired) electrons. The van der Waals surface area contributed by atoms with E-state index in [1.165, 1.54) is 5.56 Å². The number of rotatable bonds is 2. The maximum absolute atomic E-state index is 10.7. The Morgan fingerprint density at radius 3 is 2.44 bits per heavy atom. The zero-order valence-corrected chi connectivity index (χ0v) is 9.39. The summed E-state index contributed by atoms with van der Waals surface area (Å²) in [5.41, 5.74) is 6.15. The highest BCUT2D eigenvalue weighted by Crippen LogP contribution is 2.39. The Balaban J connectivity index is 1.93. The van der Waals surface area contributed by atoms with Crippen molar-refractivity contribution in [2.45, 2.75) is 24.8 Å². The summed E-state index contributed by atoms with van der Waals surface area (Å²) in [5.74, 6) is 0.372. The summed E-state index contributed by atoms with van der Waals surface area (Å²) in [6.45, 7) is 0. The van der Waals surface area contributed by atoms with E-state index in [2.05, 4.69) is 0 Å². The summed E-state index contributed by atoms with van der Waals surface area (Å²) >= 11 is 5.79. The highest BCUT2D eigenvalue weighted by Gasteiger charge is 2.35. The molecule has 1 fully saturated rings. The predicted octanol–water partition coefficient (Wildman–Crippen LogP) is 2.36. The summed E-state index contributed by atoms with van der Waals surface area (Å²) < 4.78 is 0. The van der Waals surface area contributed by atoms with E-state index in [9.17, 15) is 10.0 Å². The fraction of sp³-hybridized carbons (Fsp3) is 0.364. The largest absolute Gasteiger partial charge is 0.350 e. The minimum atomic E-state index is -0.792. The first-order valence-electron chi connectivity index (χ1n) is 5.11. The van der Waals surface area contributed by atoms with Crippen LogP contribution in [0.25, 0.3) is 0 Å². The second-order valence-electron chi connectivity index (χ2n) is 4.06. The highest BCUT2D eigenvalue weighted by atomic mass is 35.5. The Bertz CT molecular complexity index is 387. The first kappa shape index (κ1) is 11.2. The van der Waals surface area contributed by atoms with E-state index in [4.69, 9.17) is 17.3 Å². The zero-order chi connectivity index (χ0) is 11.7. The van der Waals surface area contributed by atoms with E-state index < -0.39 is 6.03 Å². The molecule has 2 amide bonds. The third-order valence-corrected chi connectivity index (χ3v) is 3.28. The van der Waals surface area contributed by atoms with Crippen molar-refractivity contribution in [3.05, 3.63) is 34.9 Å². The average Bonchev–Trinajstić information content (AvgIpc) is 2.18. The van der Waals surface area contributed by atoms with Crippen LogP contribution in [0.15, 0.2) is 24.3 Å². The Kier molecular flexibility index (Phi) is 3.03. The molecule has 0 atom stereocenters. The monoisotopic (exact) mass is 240 g/mol. The van der Waals surface area contributed by atoms with Gasteiger partial charge in [-0.05, 0) is 36.5 Å². The first-order valence-corrected chi connectivity index (χ1v) is 5.48. The molecule has 1 aliphatic rings. The Hall–Kier alpha value is -1.26. The molecule has 0 saturated heterocycles. The van der Waals surface area contributed by atoms with Crippen LogP contribution in [0.1, 0.15) is 24.3 Å². The molecule has 0 aromatic heterocycles. The Morgan fingerprint density at radius 2 is 1.94 bits per heavy atom. The molecule has 0 heterocycles. The van der Waals surface area contributed by atoms with Crippen molar-refractivity contribution < 1.29 is 10.0 Å². The molecule has 4 nitrogen and oxygen atoms in total. The molecular formula is C11H13ClN2O2. The molecule has 86 valence electrons. The van der Waals surface area contributed by atoms with Crippen LogP contribution in [0.3, 0.4) is 0 Å². The Labute approximate surface area is 98.6 Å². The van der Waals surface area contributed by atoms with Gasteiger partial charge in [0.25, 0.3) is 0 Å². The lowest BCUT2D eigenvalue weighted by Crippen LogP contribution is -2.47. The molecule has 0 unspecified atom stereocenters. The van der Waals surface area contributed by atoms with E-state index >= 15 is 0 Å². The molecule has 0 spiro atoms. The number of urea groups is 1. The number of hydrogen-bond donors (Lipinski definition) is 2. The van der Waals surface area contributed by atoms with Gasteiger partial charge in [0, 0.05) is 5.02 Å². The third-order valence-electron chi connectivity index (χ3n) is 3.03. The van der Waals surface area contributed by atoms with E-state index in [0.717, 1.165) is 12.8 Å². The summed E-state index contributed by atoms with van der Waals surface area (Å²) in [4.78, 5) is 10.7. The second kappa shape index (κ2) is 4.31. The lowest BCUT2D eigenvalue weighted by Gasteiger charge is -2.39. The maximum Gasteiger partial charge on any atom is 0.338 e. The number of amides is 2. The van der Waals surface area contributed by atoms with E-state index in [0.29, 0.717) is 16.0 Å². The van der Waals surface area contributed by atoms with Crippen LogP contribution in [0.5, 0.6) is 0 Å². The minimum absolute atomic E-state index is 0.154. The molecule has 1 saturated carbocycles. The molecule has 1 aliphatic carbocycles. The summed E-state index contributed by atoms with van der Waals surface area (Å²) in [6, 6.07) is 6.67. The quantitative estimate of drug-likeness (QED) is 0.616. The summed E-state index contributed by atoms with van der Waals surface area (Å²) in [5, 5.41) is 10.6. The van der Waals surface area contributed by atoms with Gasteiger partial charge in [-0.1, -0.05) is 23.7 Å². The van der Waals surface area contributed by atoms with Gasteiger partial charge in [-0.2, -0.15) is 0 Å². The van der Waals surface area contributed by atoms with Crippen LogP contribution in [-0.4, -0.2) is 22.3 Å². The van der Waals surface area contributed by atoms with Crippen molar-refractivity contribution in [3.63, 3.8) is 0 Å². The fourth-order valence-electron chi connectivity index (χ4n) is 1.97. The number of nitrogens with two attached hydrogens (primary N) is 1. The lowest BCUT2D eigenvalue weighted by atomic mass is 9.76. The molecule has 2 rings (SSSR count). The van der Waals surface area contributed by atoms with Crippen molar-refractivity contribution in [3.8, 4) is 0 Å².